The van der Waals surface area contributed by atoms with Gasteiger partial charge < -0.3 is 4.74 Å². The summed E-state index contributed by atoms with van der Waals surface area (Å²) in [6.45, 7) is 1.22. The van der Waals surface area contributed by atoms with E-state index in [1.165, 1.54) is 6.92 Å². The molecule has 0 spiro atoms. The molecule has 1 fully saturated rings. The van der Waals surface area contributed by atoms with Crippen LogP contribution in [0.3, 0.4) is 0 Å². The van der Waals surface area contributed by atoms with Gasteiger partial charge in [0.1, 0.15) is 6.04 Å². The maximum Gasteiger partial charge on any atom is 0.416 e. The first-order chi connectivity index (χ1) is 12.8. The average molecular weight is 433 g/mol. The van der Waals surface area contributed by atoms with Gasteiger partial charge in [-0.25, -0.2) is 8.42 Å². The van der Waals surface area contributed by atoms with Crippen molar-refractivity contribution in [3.8, 4) is 0 Å². The normalized spacial score (nSPS) is 19.5. The molecule has 12 heteroatoms. The summed E-state index contributed by atoms with van der Waals surface area (Å²) in [5.74, 6) is -0.895. The first kappa shape index (κ1) is 22.5. The van der Waals surface area contributed by atoms with E-state index in [1.807, 2.05) is 0 Å². The van der Waals surface area contributed by atoms with Gasteiger partial charge in [0, 0.05) is 6.54 Å². The number of ether oxygens (including phenoxy) is 1. The zero-order valence-electron chi connectivity index (χ0n) is 14.6. The molecule has 158 valence electrons. The Balaban J connectivity index is 2.58. The number of benzene rings is 1. The Morgan fingerprint density at radius 1 is 1.07 bits per heavy atom. The van der Waals surface area contributed by atoms with Gasteiger partial charge in [0.15, 0.2) is 0 Å². The molecule has 1 aliphatic rings. The molecule has 1 aromatic carbocycles. The molecule has 2 rings (SSSR count). The van der Waals surface area contributed by atoms with Gasteiger partial charge in [0.05, 0.1) is 22.6 Å². The molecule has 1 aromatic rings. The van der Waals surface area contributed by atoms with Crippen molar-refractivity contribution in [2.45, 2.75) is 49.5 Å². The lowest BCUT2D eigenvalue weighted by molar-refractivity contribution is -0.149. The summed E-state index contributed by atoms with van der Waals surface area (Å²) in [6.07, 6.45) is -9.54. The van der Waals surface area contributed by atoms with E-state index in [1.54, 1.807) is 0 Å². The van der Waals surface area contributed by atoms with E-state index < -0.39 is 50.4 Å². The van der Waals surface area contributed by atoms with Crippen molar-refractivity contribution in [3.63, 3.8) is 0 Å². The van der Waals surface area contributed by atoms with Crippen LogP contribution in [0.4, 0.5) is 26.3 Å². The molecule has 0 amide bonds. The maximum atomic E-state index is 13.0. The number of carbonyl (C=O) groups is 1. The van der Waals surface area contributed by atoms with Crippen LogP contribution >= 0.6 is 0 Å². The molecule has 0 bridgehead atoms. The Morgan fingerprint density at radius 2 is 1.61 bits per heavy atom. The van der Waals surface area contributed by atoms with Gasteiger partial charge in [0.25, 0.3) is 0 Å². The van der Waals surface area contributed by atoms with Crippen molar-refractivity contribution in [1.82, 2.24) is 4.31 Å². The minimum Gasteiger partial charge on any atom is -0.465 e. The van der Waals surface area contributed by atoms with Crippen molar-refractivity contribution in [2.75, 3.05) is 13.2 Å². The molecule has 1 atom stereocenters. The SMILES string of the molecule is CCOC(=O)C1CCCCN1S(=O)(=O)c1cc(C(F)(F)F)cc(C(F)(F)F)c1. The fourth-order valence-electron chi connectivity index (χ4n) is 2.88. The van der Waals surface area contributed by atoms with Gasteiger partial charge in [-0.2, -0.15) is 30.6 Å². The number of nitrogens with zero attached hydrogens (tertiary/aromatic N) is 1. The standard InChI is InChI=1S/C16H17F6NO4S/c1-2-27-14(24)13-5-3-4-6-23(13)28(25,26)12-8-10(15(17,18)19)7-11(9-12)16(20,21)22/h7-9,13H,2-6H2,1H3. The van der Waals surface area contributed by atoms with Crippen molar-refractivity contribution < 1.29 is 44.3 Å². The van der Waals surface area contributed by atoms with Crippen molar-refractivity contribution in [1.29, 1.82) is 0 Å². The number of alkyl halides is 6. The molecule has 0 radical (unpaired) electrons. The summed E-state index contributed by atoms with van der Waals surface area (Å²) in [5, 5.41) is 0. The minimum absolute atomic E-state index is 0.0506. The zero-order chi connectivity index (χ0) is 21.3. The van der Waals surface area contributed by atoms with Crippen LogP contribution in [0.25, 0.3) is 0 Å². The second kappa shape index (κ2) is 7.90. The Labute approximate surface area is 157 Å². The lowest BCUT2D eigenvalue weighted by atomic mass is 10.1. The zero-order valence-corrected chi connectivity index (χ0v) is 15.4. The molecule has 1 heterocycles. The maximum absolute atomic E-state index is 13.0. The Kier molecular flexibility index (Phi) is 6.34. The fraction of sp³-hybridized carbons (Fsp3) is 0.562. The predicted molar refractivity (Wildman–Crippen MR) is 84.6 cm³/mol. The molecule has 1 aliphatic heterocycles. The lowest BCUT2D eigenvalue weighted by Gasteiger charge is -2.33. The van der Waals surface area contributed by atoms with Crippen LogP contribution in [0.1, 0.15) is 37.3 Å². The third kappa shape index (κ3) is 4.77. The third-order valence-corrected chi connectivity index (χ3v) is 6.07. The monoisotopic (exact) mass is 433 g/mol. The number of rotatable bonds is 4. The molecule has 1 saturated heterocycles. The average Bonchev–Trinajstić information content (AvgIpc) is 2.60. The van der Waals surface area contributed by atoms with E-state index in [9.17, 15) is 39.6 Å². The molecule has 5 nitrogen and oxygen atoms in total. The topological polar surface area (TPSA) is 63.7 Å². The summed E-state index contributed by atoms with van der Waals surface area (Å²) < 4.78 is 109. The van der Waals surface area contributed by atoms with Crippen LogP contribution in [0.2, 0.25) is 0 Å². The van der Waals surface area contributed by atoms with Crippen LogP contribution in [0.15, 0.2) is 23.1 Å². The molecule has 1 unspecified atom stereocenters. The molecular formula is C16H17F6NO4S. The second-order valence-corrected chi connectivity index (χ2v) is 8.01. The molecular weight excluding hydrogens is 416 g/mol. The Bertz CT molecular complexity index is 802. The molecule has 0 aromatic heterocycles. The van der Waals surface area contributed by atoms with E-state index in [0.717, 1.165) is 0 Å². The Hall–Kier alpha value is -1.82. The van der Waals surface area contributed by atoms with Gasteiger partial charge in [-0.3, -0.25) is 4.79 Å². The second-order valence-electron chi connectivity index (χ2n) is 6.12. The minimum atomic E-state index is -5.19. The fourth-order valence-corrected chi connectivity index (χ4v) is 4.60. The highest BCUT2D eigenvalue weighted by Crippen LogP contribution is 2.38. The summed E-state index contributed by atoms with van der Waals surface area (Å²) in [7, 11) is -4.81. The highest BCUT2D eigenvalue weighted by atomic mass is 32.2. The number of sulfonamides is 1. The molecule has 28 heavy (non-hydrogen) atoms. The quantitative estimate of drug-likeness (QED) is 0.535. The predicted octanol–water partition coefficient (Wildman–Crippen LogP) is 3.83. The largest absolute Gasteiger partial charge is 0.465 e. The molecule has 0 saturated carbocycles. The first-order valence-corrected chi connectivity index (χ1v) is 9.70. The van der Waals surface area contributed by atoms with E-state index in [4.69, 9.17) is 4.74 Å². The number of carbonyl (C=O) groups excluding carboxylic acids is 1. The number of esters is 1. The number of hydrogen-bond donors (Lipinski definition) is 0. The molecule has 0 aliphatic carbocycles. The number of piperidine rings is 1. The van der Waals surface area contributed by atoms with Crippen LogP contribution in [0, 0.1) is 0 Å². The highest BCUT2D eigenvalue weighted by Gasteiger charge is 2.42. The number of halogens is 6. The van der Waals surface area contributed by atoms with E-state index in [-0.39, 0.29) is 37.8 Å². The van der Waals surface area contributed by atoms with Crippen LogP contribution in [0.5, 0.6) is 0 Å². The van der Waals surface area contributed by atoms with Gasteiger partial charge in [-0.05, 0) is 44.4 Å². The number of hydrogen-bond acceptors (Lipinski definition) is 4. The van der Waals surface area contributed by atoms with E-state index in [2.05, 4.69) is 0 Å². The van der Waals surface area contributed by atoms with Gasteiger partial charge >= 0.3 is 18.3 Å². The van der Waals surface area contributed by atoms with Crippen LogP contribution < -0.4 is 0 Å². The van der Waals surface area contributed by atoms with Crippen LogP contribution in [-0.4, -0.2) is 37.9 Å². The van der Waals surface area contributed by atoms with Crippen molar-refractivity contribution >= 4 is 16.0 Å². The van der Waals surface area contributed by atoms with Crippen molar-refractivity contribution in [3.05, 3.63) is 29.3 Å². The smallest absolute Gasteiger partial charge is 0.416 e. The third-order valence-electron chi connectivity index (χ3n) is 4.18. The highest BCUT2D eigenvalue weighted by molar-refractivity contribution is 7.89. The summed E-state index contributed by atoms with van der Waals surface area (Å²) in [6, 6.07) is -1.18. The summed E-state index contributed by atoms with van der Waals surface area (Å²) >= 11 is 0. The van der Waals surface area contributed by atoms with E-state index in [0.29, 0.717) is 17.1 Å². The summed E-state index contributed by atoms with van der Waals surface area (Å²) in [5.41, 5.74) is -3.49. The van der Waals surface area contributed by atoms with Crippen molar-refractivity contribution in [2.24, 2.45) is 0 Å². The van der Waals surface area contributed by atoms with Gasteiger partial charge in [-0.15, -0.1) is 0 Å². The Morgan fingerprint density at radius 3 is 2.07 bits per heavy atom. The van der Waals surface area contributed by atoms with Gasteiger partial charge in [0.2, 0.25) is 10.0 Å². The molecule has 0 N–H and O–H groups in total. The van der Waals surface area contributed by atoms with Gasteiger partial charge in [-0.1, -0.05) is 0 Å². The summed E-state index contributed by atoms with van der Waals surface area (Å²) in [4.78, 5) is 10.9. The van der Waals surface area contributed by atoms with Crippen LogP contribution in [-0.2, 0) is 31.9 Å². The first-order valence-electron chi connectivity index (χ1n) is 8.26. The lowest BCUT2D eigenvalue weighted by Crippen LogP contribution is -2.48. The van der Waals surface area contributed by atoms with E-state index >= 15 is 0 Å².